The quantitative estimate of drug-likeness (QED) is 0.413. The Morgan fingerprint density at radius 3 is 2.74 bits per heavy atom. The largest absolute Gasteiger partial charge is 0.465 e. The number of carbonyl (C=O) groups is 1. The second-order valence-electron chi connectivity index (χ2n) is 5.70. The van der Waals surface area contributed by atoms with Gasteiger partial charge in [0.25, 0.3) is 5.82 Å². The molecule has 0 aliphatic carbocycles. The van der Waals surface area contributed by atoms with Crippen molar-refractivity contribution in [2.45, 2.75) is 0 Å². The van der Waals surface area contributed by atoms with E-state index in [4.69, 9.17) is 11.3 Å². The minimum Gasteiger partial charge on any atom is -0.465 e. The first-order chi connectivity index (χ1) is 13.2. The molecule has 0 spiro atoms. The average molecular weight is 355 g/mol. The summed E-state index contributed by atoms with van der Waals surface area (Å²) >= 11 is 0. The topological polar surface area (TPSA) is 73.7 Å². The zero-order chi connectivity index (χ0) is 18.8. The molecule has 0 bridgehead atoms. The molecule has 0 aliphatic rings. The lowest BCUT2D eigenvalue weighted by Crippen LogP contribution is -2.02. The number of pyridine rings is 3. The fraction of sp³-hybridized carbons (Fsp3) is 0.0500. The molecule has 4 aromatic heterocycles. The van der Waals surface area contributed by atoms with Crippen LogP contribution >= 0.6 is 0 Å². The molecule has 130 valence electrons. The van der Waals surface area contributed by atoms with Crippen molar-refractivity contribution in [1.82, 2.24) is 19.4 Å². The maximum Gasteiger partial charge on any atom is 0.339 e. The van der Waals surface area contributed by atoms with E-state index in [1.165, 1.54) is 13.3 Å². The van der Waals surface area contributed by atoms with E-state index in [1.807, 2.05) is 30.5 Å². The SMILES string of the molecule is [C-]#[N+]c1cnc2ccc(-c3cccnc3-c3ccc(C(=O)OC)cn3)cn12. The van der Waals surface area contributed by atoms with Gasteiger partial charge in [-0.3, -0.25) is 9.97 Å². The van der Waals surface area contributed by atoms with Crippen molar-refractivity contribution in [1.29, 1.82) is 0 Å². The van der Waals surface area contributed by atoms with Gasteiger partial charge in [-0.15, -0.1) is 0 Å². The van der Waals surface area contributed by atoms with Crippen LogP contribution in [-0.2, 0) is 4.74 Å². The Hall–Kier alpha value is -4.05. The van der Waals surface area contributed by atoms with Crippen LogP contribution in [0.3, 0.4) is 0 Å². The van der Waals surface area contributed by atoms with Gasteiger partial charge in [0.05, 0.1) is 36.5 Å². The van der Waals surface area contributed by atoms with Gasteiger partial charge in [0.15, 0.2) is 0 Å². The fourth-order valence-corrected chi connectivity index (χ4v) is 2.82. The number of rotatable bonds is 3. The minimum absolute atomic E-state index is 0.375. The number of esters is 1. The van der Waals surface area contributed by atoms with E-state index in [9.17, 15) is 4.79 Å². The highest BCUT2D eigenvalue weighted by molar-refractivity contribution is 5.89. The summed E-state index contributed by atoms with van der Waals surface area (Å²) in [5, 5.41) is 0. The van der Waals surface area contributed by atoms with Crippen LogP contribution in [0.1, 0.15) is 10.4 Å². The summed E-state index contributed by atoms with van der Waals surface area (Å²) in [5.74, 6) is 0.00498. The number of ether oxygens (including phenoxy) is 1. The Bertz CT molecular complexity index is 1190. The van der Waals surface area contributed by atoms with Gasteiger partial charge >= 0.3 is 5.97 Å². The number of hydrogen-bond donors (Lipinski definition) is 0. The Balaban J connectivity index is 1.82. The van der Waals surface area contributed by atoms with Crippen LogP contribution in [0.5, 0.6) is 0 Å². The number of aromatic nitrogens is 4. The van der Waals surface area contributed by atoms with E-state index in [2.05, 4.69) is 19.8 Å². The normalized spacial score (nSPS) is 10.5. The Morgan fingerprint density at radius 1 is 1.11 bits per heavy atom. The first-order valence-electron chi connectivity index (χ1n) is 8.06. The zero-order valence-electron chi connectivity index (χ0n) is 14.3. The number of methoxy groups -OCH3 is 1. The zero-order valence-corrected chi connectivity index (χ0v) is 14.3. The van der Waals surface area contributed by atoms with Crippen LogP contribution < -0.4 is 0 Å². The minimum atomic E-state index is -0.437. The van der Waals surface area contributed by atoms with Gasteiger partial charge in [0.1, 0.15) is 0 Å². The molecular formula is C20H13N5O2. The number of imidazole rings is 1. The molecule has 4 rings (SSSR count). The van der Waals surface area contributed by atoms with E-state index in [0.717, 1.165) is 11.1 Å². The van der Waals surface area contributed by atoms with Crippen molar-refractivity contribution in [2.24, 2.45) is 0 Å². The van der Waals surface area contributed by atoms with Gasteiger partial charge in [-0.05, 0) is 24.3 Å². The molecule has 0 N–H and O–H groups in total. The Kier molecular flexibility index (Phi) is 4.07. The van der Waals surface area contributed by atoms with Crippen molar-refractivity contribution in [2.75, 3.05) is 7.11 Å². The molecule has 0 saturated carbocycles. The lowest BCUT2D eigenvalue weighted by atomic mass is 10.0. The summed E-state index contributed by atoms with van der Waals surface area (Å²) in [6.45, 7) is 7.27. The molecule has 7 nitrogen and oxygen atoms in total. The summed E-state index contributed by atoms with van der Waals surface area (Å²) in [4.78, 5) is 28.1. The van der Waals surface area contributed by atoms with E-state index in [-0.39, 0.29) is 0 Å². The highest BCUT2D eigenvalue weighted by Crippen LogP contribution is 2.30. The van der Waals surface area contributed by atoms with Crippen LogP contribution in [-0.4, -0.2) is 32.4 Å². The van der Waals surface area contributed by atoms with Gasteiger partial charge in [-0.1, -0.05) is 12.6 Å². The number of carbonyl (C=O) groups excluding carboxylic acids is 1. The molecule has 0 radical (unpaired) electrons. The smallest absolute Gasteiger partial charge is 0.339 e. The Labute approximate surface area is 154 Å². The van der Waals surface area contributed by atoms with Gasteiger partial charge in [0, 0.05) is 29.6 Å². The van der Waals surface area contributed by atoms with Crippen LogP contribution in [0, 0.1) is 6.57 Å². The summed E-state index contributed by atoms with van der Waals surface area (Å²) in [6.07, 6.45) is 6.56. The molecule has 0 fully saturated rings. The number of nitrogens with zero attached hydrogens (tertiary/aromatic N) is 5. The Morgan fingerprint density at radius 2 is 2.00 bits per heavy atom. The molecule has 0 amide bonds. The second kappa shape index (κ2) is 6.69. The molecule has 4 aromatic rings. The third-order valence-corrected chi connectivity index (χ3v) is 4.15. The fourth-order valence-electron chi connectivity index (χ4n) is 2.82. The van der Waals surface area contributed by atoms with Crippen molar-refractivity contribution < 1.29 is 9.53 Å². The van der Waals surface area contributed by atoms with Crippen molar-refractivity contribution in [3.8, 4) is 22.5 Å². The van der Waals surface area contributed by atoms with Gasteiger partial charge < -0.3 is 9.58 Å². The van der Waals surface area contributed by atoms with Gasteiger partial charge in [0.2, 0.25) is 5.65 Å². The van der Waals surface area contributed by atoms with Crippen molar-refractivity contribution in [3.05, 3.63) is 78.2 Å². The van der Waals surface area contributed by atoms with E-state index >= 15 is 0 Å². The summed E-state index contributed by atoms with van der Waals surface area (Å²) in [5.41, 5.74) is 4.14. The lowest BCUT2D eigenvalue weighted by molar-refractivity contribution is 0.0600. The van der Waals surface area contributed by atoms with Crippen LogP contribution in [0.2, 0.25) is 0 Å². The van der Waals surface area contributed by atoms with Crippen molar-refractivity contribution in [3.63, 3.8) is 0 Å². The molecule has 7 heteroatoms. The molecule has 4 heterocycles. The third-order valence-electron chi connectivity index (χ3n) is 4.15. The standard InChI is InChI=1S/C20H13N5O2/c1-21-18-11-24-17-8-6-14(12-25(17)18)15-4-3-9-22-19(15)16-7-5-13(10-23-16)20(26)27-2/h3-12H,2H3. The van der Waals surface area contributed by atoms with Crippen LogP contribution in [0.4, 0.5) is 5.82 Å². The molecule has 27 heavy (non-hydrogen) atoms. The second-order valence-corrected chi connectivity index (χ2v) is 5.70. The van der Waals surface area contributed by atoms with Gasteiger partial charge in [-0.2, -0.15) is 0 Å². The summed E-state index contributed by atoms with van der Waals surface area (Å²) < 4.78 is 6.45. The molecule has 0 aromatic carbocycles. The summed E-state index contributed by atoms with van der Waals surface area (Å²) in [7, 11) is 1.33. The average Bonchev–Trinajstić information content (AvgIpc) is 3.15. The molecule has 0 aliphatic heterocycles. The maximum atomic E-state index is 11.6. The lowest BCUT2D eigenvalue weighted by Gasteiger charge is -2.08. The highest BCUT2D eigenvalue weighted by Gasteiger charge is 2.14. The first kappa shape index (κ1) is 16.4. The van der Waals surface area contributed by atoms with Crippen LogP contribution in [0.25, 0.3) is 33.0 Å². The molecule has 0 saturated heterocycles. The molecule has 0 atom stereocenters. The predicted molar refractivity (Wildman–Crippen MR) is 99.3 cm³/mol. The highest BCUT2D eigenvalue weighted by atomic mass is 16.5. The number of fused-ring (bicyclic) bond motifs is 1. The predicted octanol–water partition coefficient (Wildman–Crippen LogP) is 3.80. The van der Waals surface area contributed by atoms with Crippen molar-refractivity contribution >= 4 is 17.4 Å². The molecular weight excluding hydrogens is 342 g/mol. The monoisotopic (exact) mass is 355 g/mol. The van der Waals surface area contributed by atoms with E-state index in [0.29, 0.717) is 28.4 Å². The van der Waals surface area contributed by atoms with E-state index in [1.54, 1.807) is 28.9 Å². The van der Waals surface area contributed by atoms with E-state index < -0.39 is 5.97 Å². The van der Waals surface area contributed by atoms with Crippen LogP contribution in [0.15, 0.2) is 61.2 Å². The number of hydrogen-bond acceptors (Lipinski definition) is 5. The maximum absolute atomic E-state index is 11.6. The first-order valence-corrected chi connectivity index (χ1v) is 8.06. The molecule has 0 unspecified atom stereocenters. The third kappa shape index (κ3) is 2.89. The summed E-state index contributed by atoms with van der Waals surface area (Å²) in [6, 6.07) is 11.0. The van der Waals surface area contributed by atoms with Gasteiger partial charge in [-0.25, -0.2) is 14.2 Å².